The van der Waals surface area contributed by atoms with Gasteiger partial charge >= 0.3 is 0 Å². The summed E-state index contributed by atoms with van der Waals surface area (Å²) in [6.07, 6.45) is 0. The van der Waals surface area contributed by atoms with Gasteiger partial charge in [-0.25, -0.2) is 0 Å². The number of hydrogen-bond acceptors (Lipinski definition) is 6. The minimum Gasteiger partial charge on any atom is -0.379 e. The third kappa shape index (κ3) is 4.77. The number of benzene rings is 1. The van der Waals surface area contributed by atoms with E-state index in [-0.39, 0.29) is 5.91 Å². The van der Waals surface area contributed by atoms with Gasteiger partial charge in [-0.15, -0.1) is 10.2 Å². The minimum atomic E-state index is -0.258. The van der Waals surface area contributed by atoms with Gasteiger partial charge in [-0.05, 0) is 43.2 Å². The first kappa shape index (κ1) is 18.3. The molecular formula is C19H25N5O2. The van der Waals surface area contributed by atoms with Crippen molar-refractivity contribution in [3.8, 4) is 0 Å². The molecule has 1 aromatic heterocycles. The molecule has 1 aliphatic rings. The smallest absolute Gasteiger partial charge is 0.276 e. The van der Waals surface area contributed by atoms with Crippen LogP contribution in [0, 0.1) is 13.8 Å². The summed E-state index contributed by atoms with van der Waals surface area (Å²) in [4.78, 5) is 14.7. The number of nitrogens with zero attached hydrogens (tertiary/aromatic N) is 3. The highest BCUT2D eigenvalue weighted by atomic mass is 16.5. The summed E-state index contributed by atoms with van der Waals surface area (Å²) in [6, 6.07) is 9.29. The molecule has 0 spiro atoms. The van der Waals surface area contributed by atoms with Crippen molar-refractivity contribution in [2.75, 3.05) is 50.0 Å². The van der Waals surface area contributed by atoms with Crippen molar-refractivity contribution < 1.29 is 9.53 Å². The number of rotatable bonds is 6. The lowest BCUT2D eigenvalue weighted by Gasteiger charge is -2.26. The molecule has 0 saturated carbocycles. The molecule has 2 N–H and O–H groups in total. The Morgan fingerprint density at radius 2 is 1.96 bits per heavy atom. The highest BCUT2D eigenvalue weighted by molar-refractivity contribution is 6.03. The zero-order chi connectivity index (χ0) is 18.4. The van der Waals surface area contributed by atoms with Crippen molar-refractivity contribution in [3.63, 3.8) is 0 Å². The van der Waals surface area contributed by atoms with Gasteiger partial charge in [0.15, 0.2) is 5.69 Å². The average Bonchev–Trinajstić information content (AvgIpc) is 2.67. The third-order valence-corrected chi connectivity index (χ3v) is 4.59. The zero-order valence-electron chi connectivity index (χ0n) is 15.3. The van der Waals surface area contributed by atoms with Crippen LogP contribution in [-0.4, -0.2) is 60.4 Å². The van der Waals surface area contributed by atoms with Crippen LogP contribution in [-0.2, 0) is 4.74 Å². The van der Waals surface area contributed by atoms with Gasteiger partial charge in [0.05, 0.1) is 13.2 Å². The van der Waals surface area contributed by atoms with Crippen LogP contribution in [0.5, 0.6) is 0 Å². The minimum absolute atomic E-state index is 0.258. The lowest BCUT2D eigenvalue weighted by Crippen LogP contribution is -2.39. The Hall–Kier alpha value is -2.51. The van der Waals surface area contributed by atoms with Crippen LogP contribution in [0.1, 0.15) is 21.6 Å². The number of nitrogens with one attached hydrogen (secondary N) is 2. The SMILES string of the molecule is Cc1cccc(NC(=O)c2ccc(NCCN3CCOCC3)nn2)c1C. The van der Waals surface area contributed by atoms with Crippen molar-refractivity contribution in [3.05, 3.63) is 47.2 Å². The molecular weight excluding hydrogens is 330 g/mol. The zero-order valence-corrected chi connectivity index (χ0v) is 15.3. The van der Waals surface area contributed by atoms with Gasteiger partial charge in [0.2, 0.25) is 0 Å². The van der Waals surface area contributed by atoms with Crippen LogP contribution in [0.4, 0.5) is 11.5 Å². The van der Waals surface area contributed by atoms with Gasteiger partial charge in [0.1, 0.15) is 5.82 Å². The predicted octanol–water partition coefficient (Wildman–Crippen LogP) is 2.09. The fraction of sp³-hybridized carbons (Fsp3) is 0.421. The molecule has 26 heavy (non-hydrogen) atoms. The number of anilines is 2. The van der Waals surface area contributed by atoms with E-state index < -0.39 is 0 Å². The van der Waals surface area contributed by atoms with Crippen molar-refractivity contribution in [2.24, 2.45) is 0 Å². The second-order valence-electron chi connectivity index (χ2n) is 6.39. The van der Waals surface area contributed by atoms with Gasteiger partial charge in [-0.2, -0.15) is 0 Å². The molecule has 0 atom stereocenters. The van der Waals surface area contributed by atoms with Gasteiger partial charge < -0.3 is 15.4 Å². The van der Waals surface area contributed by atoms with Crippen LogP contribution >= 0.6 is 0 Å². The second-order valence-corrected chi connectivity index (χ2v) is 6.39. The van der Waals surface area contributed by atoms with Gasteiger partial charge in [0, 0.05) is 31.9 Å². The molecule has 1 aromatic carbocycles. The summed E-state index contributed by atoms with van der Waals surface area (Å²) in [7, 11) is 0. The van der Waals surface area contributed by atoms with Crippen LogP contribution in [0.2, 0.25) is 0 Å². The second kappa shape index (κ2) is 8.73. The van der Waals surface area contributed by atoms with Crippen LogP contribution in [0.3, 0.4) is 0 Å². The van der Waals surface area contributed by atoms with E-state index in [0.717, 1.165) is 56.2 Å². The number of amides is 1. The lowest BCUT2D eigenvalue weighted by molar-refractivity contribution is 0.0398. The van der Waals surface area contributed by atoms with Crippen molar-refractivity contribution >= 4 is 17.4 Å². The molecule has 1 fully saturated rings. The van der Waals surface area contributed by atoms with Crippen LogP contribution in [0.15, 0.2) is 30.3 Å². The standard InChI is InChI=1S/C19H25N5O2/c1-14-4-3-5-16(15(14)2)21-19(25)17-6-7-18(23-22-17)20-8-9-24-10-12-26-13-11-24/h3-7H,8-13H2,1-2H3,(H,20,23)(H,21,25). The van der Waals surface area contributed by atoms with E-state index in [0.29, 0.717) is 11.5 Å². The number of carbonyl (C=O) groups excluding carboxylic acids is 1. The van der Waals surface area contributed by atoms with Gasteiger partial charge in [-0.1, -0.05) is 12.1 Å². The van der Waals surface area contributed by atoms with Crippen molar-refractivity contribution in [2.45, 2.75) is 13.8 Å². The first-order chi connectivity index (χ1) is 12.6. The average molecular weight is 355 g/mol. The van der Waals surface area contributed by atoms with E-state index in [1.807, 2.05) is 32.0 Å². The number of ether oxygens (including phenoxy) is 1. The topological polar surface area (TPSA) is 79.4 Å². The molecule has 0 radical (unpaired) electrons. The van der Waals surface area contributed by atoms with E-state index in [2.05, 4.69) is 25.7 Å². The molecule has 7 nitrogen and oxygen atoms in total. The van der Waals surface area contributed by atoms with E-state index >= 15 is 0 Å². The first-order valence-electron chi connectivity index (χ1n) is 8.89. The molecule has 1 amide bonds. The number of hydrogen-bond donors (Lipinski definition) is 2. The van der Waals surface area contributed by atoms with Crippen LogP contribution < -0.4 is 10.6 Å². The summed E-state index contributed by atoms with van der Waals surface area (Å²) in [5.41, 5.74) is 3.28. The van der Waals surface area contributed by atoms with E-state index in [9.17, 15) is 4.79 Å². The third-order valence-electron chi connectivity index (χ3n) is 4.59. The largest absolute Gasteiger partial charge is 0.379 e. The fourth-order valence-electron chi connectivity index (χ4n) is 2.79. The molecule has 2 heterocycles. The summed E-state index contributed by atoms with van der Waals surface area (Å²) in [5.74, 6) is 0.410. The maximum absolute atomic E-state index is 12.4. The van der Waals surface area contributed by atoms with Crippen LogP contribution in [0.25, 0.3) is 0 Å². The molecule has 0 aliphatic carbocycles. The summed E-state index contributed by atoms with van der Waals surface area (Å²) < 4.78 is 5.33. The number of carbonyl (C=O) groups is 1. The van der Waals surface area contributed by atoms with Crippen molar-refractivity contribution in [1.29, 1.82) is 0 Å². The molecule has 0 unspecified atom stereocenters. The summed E-state index contributed by atoms with van der Waals surface area (Å²) in [5, 5.41) is 14.3. The fourth-order valence-corrected chi connectivity index (χ4v) is 2.79. The first-order valence-corrected chi connectivity index (χ1v) is 8.89. The Kier molecular flexibility index (Phi) is 6.14. The number of aryl methyl sites for hydroxylation is 1. The molecule has 1 saturated heterocycles. The molecule has 138 valence electrons. The molecule has 0 bridgehead atoms. The lowest BCUT2D eigenvalue weighted by atomic mass is 10.1. The van der Waals surface area contributed by atoms with Crippen molar-refractivity contribution in [1.82, 2.24) is 15.1 Å². The Morgan fingerprint density at radius 1 is 1.15 bits per heavy atom. The Balaban J connectivity index is 1.51. The Morgan fingerprint density at radius 3 is 2.69 bits per heavy atom. The summed E-state index contributed by atoms with van der Waals surface area (Å²) in [6.45, 7) is 9.23. The normalized spacial score (nSPS) is 14.8. The molecule has 7 heteroatoms. The predicted molar refractivity (Wildman–Crippen MR) is 102 cm³/mol. The Bertz CT molecular complexity index is 742. The molecule has 2 aromatic rings. The van der Waals surface area contributed by atoms with E-state index in [4.69, 9.17) is 4.74 Å². The van der Waals surface area contributed by atoms with Gasteiger partial charge in [0.25, 0.3) is 5.91 Å². The molecule has 3 rings (SSSR count). The maximum atomic E-state index is 12.4. The monoisotopic (exact) mass is 355 g/mol. The van der Waals surface area contributed by atoms with E-state index in [1.165, 1.54) is 0 Å². The Labute approximate surface area is 153 Å². The quantitative estimate of drug-likeness (QED) is 0.826. The maximum Gasteiger partial charge on any atom is 0.276 e. The van der Waals surface area contributed by atoms with E-state index in [1.54, 1.807) is 12.1 Å². The summed E-state index contributed by atoms with van der Waals surface area (Å²) >= 11 is 0. The highest BCUT2D eigenvalue weighted by Crippen LogP contribution is 2.18. The van der Waals surface area contributed by atoms with Gasteiger partial charge in [-0.3, -0.25) is 9.69 Å². The molecule has 1 aliphatic heterocycles. The number of aromatic nitrogens is 2. The number of morpholine rings is 1. The highest BCUT2D eigenvalue weighted by Gasteiger charge is 2.12.